The number of rotatable bonds is 5. The van der Waals surface area contributed by atoms with Gasteiger partial charge in [-0.1, -0.05) is 37.3 Å². The molecule has 0 spiro atoms. The van der Waals surface area contributed by atoms with Crippen molar-refractivity contribution in [2.45, 2.75) is 36.8 Å². The van der Waals surface area contributed by atoms with Crippen LogP contribution in [-0.4, -0.2) is 19.3 Å². The number of aromatic nitrogens is 1. The Labute approximate surface area is 174 Å². The topological polar surface area (TPSA) is 76.1 Å². The van der Waals surface area contributed by atoms with Gasteiger partial charge in [-0.25, -0.2) is 13.4 Å². The van der Waals surface area contributed by atoms with Crippen LogP contribution in [0.15, 0.2) is 59.5 Å². The number of anilines is 1. The van der Waals surface area contributed by atoms with Gasteiger partial charge in [-0.3, -0.25) is 10.1 Å². The van der Waals surface area contributed by atoms with Crippen LogP contribution in [0.2, 0.25) is 0 Å². The van der Waals surface area contributed by atoms with Crippen molar-refractivity contribution < 1.29 is 13.2 Å². The summed E-state index contributed by atoms with van der Waals surface area (Å²) in [5.41, 5.74) is 2.22. The third-order valence-electron chi connectivity index (χ3n) is 5.08. The maximum Gasteiger partial charge on any atom is 0.257 e. The summed E-state index contributed by atoms with van der Waals surface area (Å²) in [7, 11) is -3.41. The van der Waals surface area contributed by atoms with Gasteiger partial charge >= 0.3 is 0 Å². The Bertz CT molecular complexity index is 1120. The van der Waals surface area contributed by atoms with Gasteiger partial charge < -0.3 is 0 Å². The first-order valence-corrected chi connectivity index (χ1v) is 12.0. The van der Waals surface area contributed by atoms with E-state index in [0.717, 1.165) is 25.0 Å². The Balaban J connectivity index is 1.43. The van der Waals surface area contributed by atoms with Crippen LogP contribution in [-0.2, 0) is 28.4 Å². The summed E-state index contributed by atoms with van der Waals surface area (Å²) < 4.78 is 25.0. The highest BCUT2D eigenvalue weighted by molar-refractivity contribution is 7.90. The minimum Gasteiger partial charge on any atom is -0.298 e. The quantitative estimate of drug-likeness (QED) is 0.652. The molecule has 1 amide bonds. The molecule has 7 heteroatoms. The lowest BCUT2D eigenvalue weighted by Crippen LogP contribution is -2.12. The van der Waals surface area contributed by atoms with E-state index in [2.05, 4.69) is 17.2 Å². The van der Waals surface area contributed by atoms with Crippen molar-refractivity contribution in [3.8, 4) is 0 Å². The number of nitrogens with zero attached hydrogens (tertiary/aromatic N) is 1. The van der Waals surface area contributed by atoms with E-state index in [9.17, 15) is 13.2 Å². The number of fused-ring (bicyclic) bond motifs is 1. The van der Waals surface area contributed by atoms with E-state index in [1.54, 1.807) is 65.9 Å². The van der Waals surface area contributed by atoms with Crippen LogP contribution in [0.5, 0.6) is 0 Å². The monoisotopic (exact) mass is 426 g/mol. The summed E-state index contributed by atoms with van der Waals surface area (Å²) in [6, 6.07) is 15.0. The van der Waals surface area contributed by atoms with E-state index in [4.69, 9.17) is 0 Å². The number of hydrogen-bond acceptors (Lipinski definition) is 5. The molecule has 1 heterocycles. The fraction of sp³-hybridized carbons (Fsp3) is 0.273. The number of thiazole rings is 1. The van der Waals surface area contributed by atoms with Gasteiger partial charge in [-0.05, 0) is 55.0 Å². The maximum absolute atomic E-state index is 12.5. The predicted molar refractivity (Wildman–Crippen MR) is 115 cm³/mol. The molecule has 1 aromatic heterocycles. The molecule has 1 N–H and O–H groups in total. The molecule has 0 unspecified atom stereocenters. The number of nitrogens with one attached hydrogen (secondary N) is 1. The number of carbonyl (C=O) groups excluding carboxylic acids is 1. The summed E-state index contributed by atoms with van der Waals surface area (Å²) in [5.74, 6) is 0.323. The Kier molecular flexibility index (Phi) is 5.52. The van der Waals surface area contributed by atoms with Gasteiger partial charge in [0.05, 0.1) is 16.3 Å². The van der Waals surface area contributed by atoms with E-state index in [-0.39, 0.29) is 11.7 Å². The number of benzene rings is 2. The van der Waals surface area contributed by atoms with Crippen molar-refractivity contribution in [3.63, 3.8) is 0 Å². The second-order valence-electron chi connectivity index (χ2n) is 7.46. The van der Waals surface area contributed by atoms with E-state index in [1.807, 2.05) is 0 Å². The van der Waals surface area contributed by atoms with Gasteiger partial charge in [0.15, 0.2) is 15.0 Å². The van der Waals surface area contributed by atoms with Crippen molar-refractivity contribution >= 4 is 32.2 Å². The summed E-state index contributed by atoms with van der Waals surface area (Å²) in [5, 5.41) is 3.50. The summed E-state index contributed by atoms with van der Waals surface area (Å²) >= 11 is 1.55. The van der Waals surface area contributed by atoms with Gasteiger partial charge in [0, 0.05) is 10.4 Å². The van der Waals surface area contributed by atoms with Crippen molar-refractivity contribution in [2.24, 2.45) is 5.92 Å². The number of aryl methyl sites for hydroxylation is 1. The van der Waals surface area contributed by atoms with Crippen molar-refractivity contribution in [2.75, 3.05) is 5.32 Å². The zero-order chi connectivity index (χ0) is 20.4. The van der Waals surface area contributed by atoms with Crippen LogP contribution < -0.4 is 5.32 Å². The summed E-state index contributed by atoms with van der Waals surface area (Å²) in [6.45, 7) is 2.24. The third-order valence-corrected chi connectivity index (χ3v) is 7.82. The Morgan fingerprint density at radius 1 is 1.14 bits per heavy atom. The molecule has 150 valence electrons. The van der Waals surface area contributed by atoms with E-state index in [0.29, 0.717) is 27.1 Å². The SMILES string of the molecule is C[C@@H]1CCc2nc(NC(=O)c3ccc(CS(=O)(=O)c4ccccc4)cc3)sc2C1. The number of carbonyl (C=O) groups is 1. The highest BCUT2D eigenvalue weighted by atomic mass is 32.2. The van der Waals surface area contributed by atoms with Crippen molar-refractivity contribution in [1.29, 1.82) is 0 Å². The molecule has 0 bridgehead atoms. The largest absolute Gasteiger partial charge is 0.298 e. The van der Waals surface area contributed by atoms with Crippen LogP contribution in [0, 0.1) is 5.92 Å². The summed E-state index contributed by atoms with van der Waals surface area (Å²) in [4.78, 5) is 18.7. The maximum atomic E-state index is 12.5. The second-order valence-corrected chi connectivity index (χ2v) is 10.5. The Morgan fingerprint density at radius 2 is 1.86 bits per heavy atom. The molecule has 0 saturated carbocycles. The molecular formula is C22H22N2O3S2. The van der Waals surface area contributed by atoms with Crippen LogP contribution >= 0.6 is 11.3 Å². The van der Waals surface area contributed by atoms with Crippen LogP contribution in [0.1, 0.15) is 39.8 Å². The fourth-order valence-electron chi connectivity index (χ4n) is 3.45. The molecule has 2 aromatic carbocycles. The zero-order valence-corrected chi connectivity index (χ0v) is 17.7. The lowest BCUT2D eigenvalue weighted by atomic mass is 9.93. The fourth-order valence-corrected chi connectivity index (χ4v) is 5.98. The normalized spacial score (nSPS) is 16.2. The zero-order valence-electron chi connectivity index (χ0n) is 16.1. The standard InChI is InChI=1S/C22H22N2O3S2/c1-15-7-12-19-20(13-15)28-22(23-19)24-21(25)17-10-8-16(9-11-17)14-29(26,27)18-5-3-2-4-6-18/h2-6,8-11,15H,7,12-14H2,1H3,(H,23,24,25)/t15-/m1/s1. The molecule has 4 rings (SSSR count). The van der Waals surface area contributed by atoms with Crippen molar-refractivity contribution in [1.82, 2.24) is 4.98 Å². The Morgan fingerprint density at radius 3 is 2.59 bits per heavy atom. The second kappa shape index (κ2) is 8.08. The molecule has 1 aliphatic rings. The molecule has 0 fully saturated rings. The van der Waals surface area contributed by atoms with Gasteiger partial charge in [0.2, 0.25) is 0 Å². The molecule has 1 atom stereocenters. The average molecular weight is 427 g/mol. The third kappa shape index (κ3) is 4.57. The van der Waals surface area contributed by atoms with E-state index in [1.165, 1.54) is 4.88 Å². The van der Waals surface area contributed by atoms with E-state index < -0.39 is 9.84 Å². The molecule has 5 nitrogen and oxygen atoms in total. The minimum absolute atomic E-state index is 0.101. The smallest absolute Gasteiger partial charge is 0.257 e. The number of amides is 1. The average Bonchev–Trinajstić information content (AvgIpc) is 3.10. The van der Waals surface area contributed by atoms with Gasteiger partial charge in [0.25, 0.3) is 5.91 Å². The lowest BCUT2D eigenvalue weighted by molar-refractivity contribution is 0.102. The first-order chi connectivity index (χ1) is 13.9. The molecule has 1 aliphatic carbocycles. The van der Waals surface area contributed by atoms with Crippen LogP contribution in [0.25, 0.3) is 0 Å². The number of hydrogen-bond donors (Lipinski definition) is 1. The molecule has 0 aliphatic heterocycles. The molecule has 3 aromatic rings. The number of sulfone groups is 1. The molecular weight excluding hydrogens is 404 g/mol. The Hall–Kier alpha value is -2.51. The first kappa shape index (κ1) is 19.8. The summed E-state index contributed by atoms with van der Waals surface area (Å²) in [6.07, 6.45) is 3.12. The van der Waals surface area contributed by atoms with E-state index >= 15 is 0 Å². The highest BCUT2D eigenvalue weighted by Crippen LogP contribution is 2.32. The lowest BCUT2D eigenvalue weighted by Gasteiger charge is -2.15. The minimum atomic E-state index is -3.41. The van der Waals surface area contributed by atoms with Crippen LogP contribution in [0.3, 0.4) is 0 Å². The van der Waals surface area contributed by atoms with Gasteiger partial charge in [-0.15, -0.1) is 11.3 Å². The van der Waals surface area contributed by atoms with Gasteiger partial charge in [0.1, 0.15) is 0 Å². The van der Waals surface area contributed by atoms with Crippen molar-refractivity contribution in [3.05, 3.63) is 76.3 Å². The molecule has 0 saturated heterocycles. The van der Waals surface area contributed by atoms with Gasteiger partial charge in [-0.2, -0.15) is 0 Å². The predicted octanol–water partition coefficient (Wildman–Crippen LogP) is 4.49. The molecule has 0 radical (unpaired) electrons. The molecule has 29 heavy (non-hydrogen) atoms. The highest BCUT2D eigenvalue weighted by Gasteiger charge is 2.21. The first-order valence-electron chi connectivity index (χ1n) is 9.57. The van der Waals surface area contributed by atoms with Crippen LogP contribution in [0.4, 0.5) is 5.13 Å².